The van der Waals surface area contributed by atoms with Crippen LogP contribution in [0.5, 0.6) is 0 Å². The van der Waals surface area contributed by atoms with Crippen LogP contribution in [0.3, 0.4) is 0 Å². The van der Waals surface area contributed by atoms with Crippen LogP contribution in [0.25, 0.3) is 0 Å². The third-order valence-electron chi connectivity index (χ3n) is 2.97. The molecule has 0 spiro atoms. The Morgan fingerprint density at radius 3 is 3.05 bits per heavy atom. The normalized spacial score (nSPS) is 18.6. The van der Waals surface area contributed by atoms with E-state index in [-0.39, 0.29) is 29.4 Å². The van der Waals surface area contributed by atoms with Gasteiger partial charge < -0.3 is 15.3 Å². The van der Waals surface area contributed by atoms with E-state index in [1.165, 1.54) is 4.90 Å². The summed E-state index contributed by atoms with van der Waals surface area (Å²) < 4.78 is 0. The van der Waals surface area contributed by atoms with Crippen molar-refractivity contribution in [3.05, 3.63) is 21.6 Å². The zero-order chi connectivity index (χ0) is 14.7. The van der Waals surface area contributed by atoms with Crippen molar-refractivity contribution in [1.82, 2.24) is 14.9 Å². The number of rotatable bonds is 3. The molecule has 1 aromatic rings. The molecule has 0 bridgehead atoms. The molecule has 2 N–H and O–H groups in total. The number of nitro groups is 1. The predicted molar refractivity (Wildman–Crippen MR) is 69.9 cm³/mol. The Morgan fingerprint density at radius 2 is 2.40 bits per heavy atom. The molecule has 2 heterocycles. The molecule has 2 rings (SSSR count). The molecule has 10 heteroatoms. The number of halogens is 1. The second-order valence-electron chi connectivity index (χ2n) is 4.34. The van der Waals surface area contributed by atoms with E-state index in [0.717, 1.165) is 6.20 Å². The Balaban J connectivity index is 2.15. The number of carbonyl (C=O) groups is 1. The molecular weight excluding hydrogens is 290 g/mol. The molecule has 0 aromatic carbocycles. The summed E-state index contributed by atoms with van der Waals surface area (Å²) in [5, 5.41) is 22.6. The first-order chi connectivity index (χ1) is 9.47. The van der Waals surface area contributed by atoms with Crippen molar-refractivity contribution < 1.29 is 14.8 Å². The van der Waals surface area contributed by atoms with Gasteiger partial charge in [0.25, 0.3) is 0 Å². The fourth-order valence-corrected chi connectivity index (χ4v) is 2.19. The summed E-state index contributed by atoms with van der Waals surface area (Å²) in [6, 6.07) is -0.246. The third kappa shape index (κ3) is 3.23. The summed E-state index contributed by atoms with van der Waals surface area (Å²) >= 11 is 5.63. The van der Waals surface area contributed by atoms with E-state index in [2.05, 4.69) is 15.3 Å². The molecule has 1 aromatic heterocycles. The van der Waals surface area contributed by atoms with E-state index in [9.17, 15) is 14.9 Å². The van der Waals surface area contributed by atoms with Crippen molar-refractivity contribution in [2.45, 2.75) is 18.9 Å². The molecule has 9 nitrogen and oxygen atoms in total. The van der Waals surface area contributed by atoms with Crippen LogP contribution in [-0.4, -0.2) is 50.1 Å². The summed E-state index contributed by atoms with van der Waals surface area (Å²) in [5.41, 5.74) is -0.290. The summed E-state index contributed by atoms with van der Waals surface area (Å²) in [7, 11) is 0. The van der Waals surface area contributed by atoms with Crippen LogP contribution < -0.4 is 5.32 Å². The van der Waals surface area contributed by atoms with E-state index in [1.807, 2.05) is 0 Å². The van der Waals surface area contributed by atoms with E-state index in [1.54, 1.807) is 0 Å². The fourth-order valence-electron chi connectivity index (χ4n) is 2.06. The summed E-state index contributed by atoms with van der Waals surface area (Å²) in [5.74, 6) is 0.00670. The molecule has 1 saturated heterocycles. The SMILES string of the molecule is O=C(O)N1CCC[C@@H](Nc2nc(Cl)ncc2[N+](=O)[O-])C1. The second kappa shape index (κ2) is 5.87. The lowest BCUT2D eigenvalue weighted by molar-refractivity contribution is -0.384. The quantitative estimate of drug-likeness (QED) is 0.494. The molecule has 0 radical (unpaired) electrons. The van der Waals surface area contributed by atoms with Crippen LogP contribution in [-0.2, 0) is 0 Å². The minimum Gasteiger partial charge on any atom is -0.465 e. The lowest BCUT2D eigenvalue weighted by Gasteiger charge is -2.31. The molecule has 0 unspecified atom stereocenters. The highest BCUT2D eigenvalue weighted by atomic mass is 35.5. The number of carboxylic acid groups (broad SMARTS) is 1. The number of hydrogen-bond acceptors (Lipinski definition) is 6. The molecule has 1 aliphatic heterocycles. The Labute approximate surface area is 118 Å². The summed E-state index contributed by atoms with van der Waals surface area (Å²) in [6.45, 7) is 0.703. The Kier molecular flexibility index (Phi) is 4.18. The van der Waals surface area contributed by atoms with Crippen LogP contribution >= 0.6 is 11.6 Å². The number of nitrogens with zero attached hydrogens (tertiary/aromatic N) is 4. The Bertz CT molecular complexity index is 540. The molecule has 1 atom stereocenters. The molecule has 0 aliphatic carbocycles. The molecule has 1 fully saturated rings. The molecule has 20 heavy (non-hydrogen) atoms. The smallest absolute Gasteiger partial charge is 0.407 e. The number of aromatic nitrogens is 2. The summed E-state index contributed by atoms with van der Waals surface area (Å²) in [4.78, 5) is 29.8. The average molecular weight is 302 g/mol. The standard InChI is InChI=1S/C10H12ClN5O4/c11-9-12-4-7(16(19)20)8(14-9)13-6-2-1-3-15(5-6)10(17)18/h4,6H,1-3,5H2,(H,17,18)(H,12,13,14)/t6-/m1/s1. The largest absolute Gasteiger partial charge is 0.465 e. The second-order valence-corrected chi connectivity index (χ2v) is 4.68. The maximum Gasteiger partial charge on any atom is 0.407 e. The Hall–Kier alpha value is -2.16. The molecule has 108 valence electrons. The lowest BCUT2D eigenvalue weighted by Crippen LogP contribution is -2.44. The maximum atomic E-state index is 10.9. The zero-order valence-corrected chi connectivity index (χ0v) is 11.1. The predicted octanol–water partition coefficient (Wildman–Crippen LogP) is 1.59. The van der Waals surface area contributed by atoms with E-state index < -0.39 is 11.0 Å². The minimum absolute atomic E-state index is 0.00670. The molecular formula is C10H12ClN5O4. The van der Waals surface area contributed by atoms with Gasteiger partial charge in [-0.3, -0.25) is 10.1 Å². The van der Waals surface area contributed by atoms with Crippen LogP contribution in [0.15, 0.2) is 6.20 Å². The van der Waals surface area contributed by atoms with E-state index in [4.69, 9.17) is 16.7 Å². The number of amides is 1. The highest BCUT2D eigenvalue weighted by Crippen LogP contribution is 2.24. The Morgan fingerprint density at radius 1 is 1.65 bits per heavy atom. The molecule has 1 aliphatic rings. The lowest BCUT2D eigenvalue weighted by atomic mass is 10.1. The fraction of sp³-hybridized carbons (Fsp3) is 0.500. The minimum atomic E-state index is -1.01. The summed E-state index contributed by atoms with van der Waals surface area (Å²) in [6.07, 6.45) is 1.39. The first-order valence-corrected chi connectivity index (χ1v) is 6.26. The average Bonchev–Trinajstić information content (AvgIpc) is 2.38. The van der Waals surface area contributed by atoms with Crippen molar-refractivity contribution in [3.8, 4) is 0 Å². The number of anilines is 1. The number of nitrogens with one attached hydrogen (secondary N) is 1. The van der Waals surface area contributed by atoms with Gasteiger partial charge in [-0.05, 0) is 24.4 Å². The first kappa shape index (κ1) is 14.3. The van der Waals surface area contributed by atoms with Crippen LogP contribution in [0.2, 0.25) is 5.28 Å². The van der Waals surface area contributed by atoms with Gasteiger partial charge in [0.15, 0.2) is 0 Å². The monoisotopic (exact) mass is 301 g/mol. The molecule has 0 saturated carbocycles. The van der Waals surface area contributed by atoms with Gasteiger partial charge in [0.2, 0.25) is 11.1 Å². The third-order valence-corrected chi connectivity index (χ3v) is 3.15. The van der Waals surface area contributed by atoms with Gasteiger partial charge in [-0.15, -0.1) is 0 Å². The van der Waals surface area contributed by atoms with Crippen molar-refractivity contribution in [2.75, 3.05) is 18.4 Å². The van der Waals surface area contributed by atoms with Crippen LogP contribution in [0.1, 0.15) is 12.8 Å². The highest BCUT2D eigenvalue weighted by Gasteiger charge is 2.26. The van der Waals surface area contributed by atoms with Gasteiger partial charge in [0.1, 0.15) is 6.20 Å². The van der Waals surface area contributed by atoms with Crippen molar-refractivity contribution in [1.29, 1.82) is 0 Å². The van der Waals surface area contributed by atoms with E-state index in [0.29, 0.717) is 19.4 Å². The number of piperidine rings is 1. The van der Waals surface area contributed by atoms with Gasteiger partial charge in [-0.2, -0.15) is 4.98 Å². The van der Waals surface area contributed by atoms with Crippen molar-refractivity contribution in [2.24, 2.45) is 0 Å². The van der Waals surface area contributed by atoms with Gasteiger partial charge in [0.05, 0.1) is 4.92 Å². The maximum absolute atomic E-state index is 10.9. The van der Waals surface area contributed by atoms with Gasteiger partial charge in [0, 0.05) is 19.1 Å². The number of likely N-dealkylation sites (tertiary alicyclic amines) is 1. The van der Waals surface area contributed by atoms with Crippen LogP contribution in [0, 0.1) is 10.1 Å². The zero-order valence-electron chi connectivity index (χ0n) is 10.3. The topological polar surface area (TPSA) is 121 Å². The van der Waals surface area contributed by atoms with Gasteiger partial charge >= 0.3 is 11.8 Å². The van der Waals surface area contributed by atoms with Crippen LogP contribution in [0.4, 0.5) is 16.3 Å². The van der Waals surface area contributed by atoms with Crippen molar-refractivity contribution in [3.63, 3.8) is 0 Å². The van der Waals surface area contributed by atoms with Gasteiger partial charge in [-0.25, -0.2) is 9.78 Å². The first-order valence-electron chi connectivity index (χ1n) is 5.88. The van der Waals surface area contributed by atoms with Crippen molar-refractivity contribution >= 4 is 29.2 Å². The van der Waals surface area contributed by atoms with Gasteiger partial charge in [-0.1, -0.05) is 0 Å². The highest BCUT2D eigenvalue weighted by molar-refractivity contribution is 6.28. The number of hydrogen-bond donors (Lipinski definition) is 2. The van der Waals surface area contributed by atoms with E-state index >= 15 is 0 Å². The molecule has 1 amide bonds.